The lowest BCUT2D eigenvalue weighted by Gasteiger charge is -2.16. The predicted octanol–water partition coefficient (Wildman–Crippen LogP) is 0.986. The number of aromatic amines is 1. The Kier molecular flexibility index (Phi) is 3.92. The van der Waals surface area contributed by atoms with Gasteiger partial charge in [-0.05, 0) is 31.2 Å². The van der Waals surface area contributed by atoms with Gasteiger partial charge in [0, 0.05) is 25.2 Å². The Morgan fingerprint density at radius 2 is 2.19 bits per heavy atom. The molecule has 1 aromatic carbocycles. The molecule has 0 unspecified atom stereocenters. The summed E-state index contributed by atoms with van der Waals surface area (Å²) in [6.07, 6.45) is 1.08. The maximum Gasteiger partial charge on any atom is 0.245 e. The van der Waals surface area contributed by atoms with E-state index in [4.69, 9.17) is 4.74 Å². The van der Waals surface area contributed by atoms with Crippen LogP contribution in [-0.4, -0.2) is 53.6 Å². The highest BCUT2D eigenvalue weighted by Gasteiger charge is 2.15. The van der Waals surface area contributed by atoms with E-state index in [9.17, 15) is 5.11 Å². The molecule has 0 aliphatic carbocycles. The Bertz CT molecular complexity index is 605. The number of H-pyrrole nitrogens is 1. The third-order valence-electron chi connectivity index (χ3n) is 3.55. The van der Waals surface area contributed by atoms with Gasteiger partial charge in [-0.1, -0.05) is 0 Å². The van der Waals surface area contributed by atoms with Crippen LogP contribution >= 0.6 is 0 Å². The van der Waals surface area contributed by atoms with Gasteiger partial charge in [-0.2, -0.15) is 4.98 Å². The molecule has 1 saturated heterocycles. The summed E-state index contributed by atoms with van der Waals surface area (Å²) in [6, 6.07) is 5.17. The van der Waals surface area contributed by atoms with Crippen molar-refractivity contribution in [1.82, 2.24) is 20.5 Å². The third kappa shape index (κ3) is 2.92. The van der Waals surface area contributed by atoms with Crippen molar-refractivity contribution in [2.24, 2.45) is 0 Å². The predicted molar refractivity (Wildman–Crippen MR) is 79.7 cm³/mol. The monoisotopic (exact) mass is 289 g/mol. The summed E-state index contributed by atoms with van der Waals surface area (Å²) in [4.78, 5) is 6.68. The average molecular weight is 289 g/mol. The van der Waals surface area contributed by atoms with E-state index in [1.54, 1.807) is 12.1 Å². The fourth-order valence-corrected chi connectivity index (χ4v) is 2.41. The van der Waals surface area contributed by atoms with E-state index in [0.717, 1.165) is 38.2 Å². The molecule has 0 spiro atoms. The summed E-state index contributed by atoms with van der Waals surface area (Å²) in [5.74, 6) is 1.87. The standard InChI is InChI=1S/C14H19N5O2/c1-21-12-4-3-10(9-11(12)20)13-16-14(18-17-13)19-7-2-5-15-6-8-19/h3-4,9,15,20H,2,5-8H2,1H3,(H,16,17,18). The van der Waals surface area contributed by atoms with Crippen LogP contribution < -0.4 is 15.0 Å². The lowest BCUT2D eigenvalue weighted by atomic mass is 10.2. The molecule has 0 bridgehead atoms. The molecule has 3 rings (SSSR count). The zero-order valence-corrected chi connectivity index (χ0v) is 12.0. The highest BCUT2D eigenvalue weighted by Crippen LogP contribution is 2.30. The molecule has 0 radical (unpaired) electrons. The van der Waals surface area contributed by atoms with Crippen LogP contribution in [0.2, 0.25) is 0 Å². The van der Waals surface area contributed by atoms with Crippen molar-refractivity contribution in [3.8, 4) is 22.9 Å². The molecule has 1 aromatic heterocycles. The van der Waals surface area contributed by atoms with E-state index in [2.05, 4.69) is 25.4 Å². The number of anilines is 1. The van der Waals surface area contributed by atoms with Gasteiger partial charge in [-0.3, -0.25) is 5.10 Å². The molecule has 21 heavy (non-hydrogen) atoms. The minimum absolute atomic E-state index is 0.0897. The minimum Gasteiger partial charge on any atom is -0.504 e. The van der Waals surface area contributed by atoms with Crippen molar-refractivity contribution < 1.29 is 9.84 Å². The Hall–Kier alpha value is -2.28. The molecule has 0 atom stereocenters. The molecule has 1 fully saturated rings. The molecule has 0 amide bonds. The Labute approximate surface area is 123 Å². The summed E-state index contributed by atoms with van der Waals surface area (Å²) in [5.41, 5.74) is 0.778. The van der Waals surface area contributed by atoms with Crippen molar-refractivity contribution in [2.75, 3.05) is 38.2 Å². The zero-order valence-electron chi connectivity index (χ0n) is 12.0. The molecule has 3 N–H and O–H groups in total. The van der Waals surface area contributed by atoms with E-state index in [0.29, 0.717) is 17.5 Å². The minimum atomic E-state index is 0.0897. The smallest absolute Gasteiger partial charge is 0.245 e. The number of nitrogens with zero attached hydrogens (tertiary/aromatic N) is 3. The number of benzene rings is 1. The number of phenols is 1. The molecular weight excluding hydrogens is 270 g/mol. The van der Waals surface area contributed by atoms with Crippen molar-refractivity contribution in [2.45, 2.75) is 6.42 Å². The van der Waals surface area contributed by atoms with Gasteiger partial charge in [0.15, 0.2) is 17.3 Å². The second-order valence-electron chi connectivity index (χ2n) is 4.96. The van der Waals surface area contributed by atoms with Crippen LogP contribution in [0.15, 0.2) is 18.2 Å². The topological polar surface area (TPSA) is 86.3 Å². The summed E-state index contributed by atoms with van der Waals surface area (Å²) < 4.78 is 5.04. The Morgan fingerprint density at radius 1 is 1.29 bits per heavy atom. The van der Waals surface area contributed by atoms with Gasteiger partial charge in [0.25, 0.3) is 0 Å². The Balaban J connectivity index is 1.82. The molecule has 1 aliphatic rings. The Morgan fingerprint density at radius 3 is 3.00 bits per heavy atom. The van der Waals surface area contributed by atoms with Crippen LogP contribution in [0.4, 0.5) is 5.95 Å². The van der Waals surface area contributed by atoms with Gasteiger partial charge < -0.3 is 20.1 Å². The highest BCUT2D eigenvalue weighted by molar-refractivity contribution is 5.61. The number of aromatic hydroxyl groups is 1. The molecule has 1 aliphatic heterocycles. The van der Waals surface area contributed by atoms with Crippen LogP contribution in [0.25, 0.3) is 11.4 Å². The molecular formula is C14H19N5O2. The number of ether oxygens (including phenoxy) is 1. The van der Waals surface area contributed by atoms with E-state index < -0.39 is 0 Å². The van der Waals surface area contributed by atoms with E-state index in [1.165, 1.54) is 7.11 Å². The summed E-state index contributed by atoms with van der Waals surface area (Å²) in [7, 11) is 1.52. The second kappa shape index (κ2) is 6.01. The van der Waals surface area contributed by atoms with Gasteiger partial charge >= 0.3 is 0 Å². The molecule has 0 saturated carbocycles. The quantitative estimate of drug-likeness (QED) is 0.781. The van der Waals surface area contributed by atoms with Crippen LogP contribution in [-0.2, 0) is 0 Å². The number of hydrogen-bond donors (Lipinski definition) is 3. The average Bonchev–Trinajstić information content (AvgIpc) is 2.83. The number of methoxy groups -OCH3 is 1. The largest absolute Gasteiger partial charge is 0.504 e. The number of hydrogen-bond acceptors (Lipinski definition) is 6. The van der Waals surface area contributed by atoms with Crippen LogP contribution in [0, 0.1) is 0 Å². The van der Waals surface area contributed by atoms with Gasteiger partial charge in [-0.15, -0.1) is 5.10 Å². The summed E-state index contributed by atoms with van der Waals surface area (Å²) in [5, 5.41) is 20.4. The SMILES string of the molecule is COc1ccc(-c2nc(N3CCCNCC3)n[nH]2)cc1O. The van der Waals surface area contributed by atoms with Crippen molar-refractivity contribution >= 4 is 5.95 Å². The number of aromatic nitrogens is 3. The van der Waals surface area contributed by atoms with Gasteiger partial charge in [0.1, 0.15) is 0 Å². The second-order valence-corrected chi connectivity index (χ2v) is 4.96. The number of nitrogens with one attached hydrogen (secondary N) is 2. The molecule has 112 valence electrons. The van der Waals surface area contributed by atoms with Gasteiger partial charge in [0.2, 0.25) is 5.95 Å². The molecule has 2 aromatic rings. The van der Waals surface area contributed by atoms with Crippen molar-refractivity contribution in [3.05, 3.63) is 18.2 Å². The first-order chi connectivity index (χ1) is 10.3. The summed E-state index contributed by atoms with van der Waals surface area (Å²) >= 11 is 0. The van der Waals surface area contributed by atoms with Crippen LogP contribution in [0.3, 0.4) is 0 Å². The van der Waals surface area contributed by atoms with Crippen molar-refractivity contribution in [3.63, 3.8) is 0 Å². The van der Waals surface area contributed by atoms with Gasteiger partial charge in [0.05, 0.1) is 7.11 Å². The normalized spacial score (nSPS) is 15.8. The third-order valence-corrected chi connectivity index (χ3v) is 3.55. The van der Waals surface area contributed by atoms with Crippen molar-refractivity contribution in [1.29, 1.82) is 0 Å². The summed E-state index contributed by atoms with van der Waals surface area (Å²) in [6.45, 7) is 3.80. The first-order valence-electron chi connectivity index (χ1n) is 7.03. The lowest BCUT2D eigenvalue weighted by molar-refractivity contribution is 0.373. The highest BCUT2D eigenvalue weighted by atomic mass is 16.5. The van der Waals surface area contributed by atoms with Gasteiger partial charge in [-0.25, -0.2) is 0 Å². The maximum absolute atomic E-state index is 9.84. The fraction of sp³-hybridized carbons (Fsp3) is 0.429. The molecule has 7 nitrogen and oxygen atoms in total. The van der Waals surface area contributed by atoms with E-state index in [1.807, 2.05) is 6.07 Å². The van der Waals surface area contributed by atoms with Crippen LogP contribution in [0.1, 0.15) is 6.42 Å². The number of phenolic OH excluding ortho intramolecular Hbond substituents is 1. The lowest BCUT2D eigenvalue weighted by Crippen LogP contribution is -2.28. The van der Waals surface area contributed by atoms with E-state index >= 15 is 0 Å². The number of rotatable bonds is 3. The fourth-order valence-electron chi connectivity index (χ4n) is 2.41. The molecule has 7 heteroatoms. The zero-order chi connectivity index (χ0) is 14.7. The molecule has 2 heterocycles. The van der Waals surface area contributed by atoms with Crippen LogP contribution in [0.5, 0.6) is 11.5 Å². The maximum atomic E-state index is 9.84. The first kappa shape index (κ1) is 13.7. The van der Waals surface area contributed by atoms with E-state index in [-0.39, 0.29) is 5.75 Å². The first-order valence-corrected chi connectivity index (χ1v) is 7.03.